The van der Waals surface area contributed by atoms with Gasteiger partial charge in [0.05, 0.1) is 7.11 Å². The summed E-state index contributed by atoms with van der Waals surface area (Å²) < 4.78 is 10.6. The van der Waals surface area contributed by atoms with Gasteiger partial charge in [0, 0.05) is 13.0 Å². The molecular weight excluding hydrogens is 218 g/mol. The number of carbonyl (C=O) groups excluding carboxylic acids is 1. The van der Waals surface area contributed by atoms with Crippen LogP contribution in [0.3, 0.4) is 0 Å². The number of benzene rings is 1. The molecule has 0 amide bonds. The molecule has 0 bridgehead atoms. The number of hydrogen-bond donors (Lipinski definition) is 1. The van der Waals surface area contributed by atoms with Crippen molar-refractivity contribution in [1.29, 1.82) is 0 Å². The van der Waals surface area contributed by atoms with Crippen LogP contribution < -0.4 is 10.1 Å². The molecule has 0 radical (unpaired) electrons. The first-order valence-electron chi connectivity index (χ1n) is 5.74. The summed E-state index contributed by atoms with van der Waals surface area (Å²) in [4.78, 5) is 11.3. The first-order valence-corrected chi connectivity index (χ1v) is 5.74. The van der Waals surface area contributed by atoms with Gasteiger partial charge < -0.3 is 14.8 Å². The lowest BCUT2D eigenvalue weighted by Gasteiger charge is -2.14. The minimum Gasteiger partial charge on any atom is -0.489 e. The number of esters is 1. The molecule has 4 nitrogen and oxygen atoms in total. The van der Waals surface area contributed by atoms with E-state index in [1.807, 2.05) is 31.2 Å². The summed E-state index contributed by atoms with van der Waals surface area (Å²) in [6.45, 7) is 2.68. The van der Waals surface area contributed by atoms with Crippen molar-refractivity contribution < 1.29 is 14.3 Å². The maximum Gasteiger partial charge on any atom is 0.323 e. The predicted molar refractivity (Wildman–Crippen MR) is 64.0 cm³/mol. The van der Waals surface area contributed by atoms with Crippen LogP contribution >= 0.6 is 0 Å². The van der Waals surface area contributed by atoms with E-state index in [0.29, 0.717) is 13.0 Å². The Bertz CT molecular complexity index is 405. The van der Waals surface area contributed by atoms with Crippen LogP contribution in [0.5, 0.6) is 5.75 Å². The van der Waals surface area contributed by atoms with Gasteiger partial charge in [0.15, 0.2) is 0 Å². The number of methoxy groups -OCH3 is 1. The minimum absolute atomic E-state index is 0.0280. The van der Waals surface area contributed by atoms with E-state index in [2.05, 4.69) is 5.32 Å². The van der Waals surface area contributed by atoms with Crippen molar-refractivity contribution >= 4 is 5.97 Å². The van der Waals surface area contributed by atoms with Gasteiger partial charge in [0.2, 0.25) is 0 Å². The molecule has 0 spiro atoms. The SMILES string of the molecule is COC(=O)[C@@H]1CC(Oc2ccccc2C)CN1. The maximum absolute atomic E-state index is 11.3. The molecule has 0 aromatic heterocycles. The largest absolute Gasteiger partial charge is 0.489 e. The Labute approximate surface area is 101 Å². The van der Waals surface area contributed by atoms with Gasteiger partial charge in [-0.2, -0.15) is 0 Å². The number of ether oxygens (including phenoxy) is 2. The summed E-state index contributed by atoms with van der Waals surface area (Å²) in [5.74, 6) is 0.658. The summed E-state index contributed by atoms with van der Waals surface area (Å²) in [6, 6.07) is 7.64. The highest BCUT2D eigenvalue weighted by Gasteiger charge is 2.31. The van der Waals surface area contributed by atoms with E-state index in [4.69, 9.17) is 9.47 Å². The van der Waals surface area contributed by atoms with Gasteiger partial charge in [-0.15, -0.1) is 0 Å². The number of nitrogens with one attached hydrogen (secondary N) is 1. The smallest absolute Gasteiger partial charge is 0.323 e. The van der Waals surface area contributed by atoms with Crippen molar-refractivity contribution in [3.05, 3.63) is 29.8 Å². The van der Waals surface area contributed by atoms with E-state index in [0.717, 1.165) is 11.3 Å². The second-order valence-electron chi connectivity index (χ2n) is 4.23. The Morgan fingerprint density at radius 2 is 2.18 bits per heavy atom. The fourth-order valence-corrected chi connectivity index (χ4v) is 1.98. The lowest BCUT2D eigenvalue weighted by Crippen LogP contribution is -2.31. The third kappa shape index (κ3) is 2.77. The molecule has 1 aromatic rings. The Morgan fingerprint density at radius 3 is 2.88 bits per heavy atom. The van der Waals surface area contributed by atoms with E-state index in [1.54, 1.807) is 0 Å². The summed E-state index contributed by atoms with van der Waals surface area (Å²) in [7, 11) is 1.40. The van der Waals surface area contributed by atoms with E-state index in [9.17, 15) is 4.79 Å². The fourth-order valence-electron chi connectivity index (χ4n) is 1.98. The number of rotatable bonds is 3. The molecule has 1 unspecified atom stereocenters. The van der Waals surface area contributed by atoms with Crippen LogP contribution in [0.1, 0.15) is 12.0 Å². The van der Waals surface area contributed by atoms with E-state index in [1.165, 1.54) is 7.11 Å². The van der Waals surface area contributed by atoms with Crippen LogP contribution in [0.15, 0.2) is 24.3 Å². The van der Waals surface area contributed by atoms with E-state index < -0.39 is 0 Å². The van der Waals surface area contributed by atoms with Crippen molar-refractivity contribution in [2.24, 2.45) is 0 Å². The third-order valence-electron chi connectivity index (χ3n) is 2.96. The number of carbonyl (C=O) groups is 1. The third-order valence-corrected chi connectivity index (χ3v) is 2.96. The highest BCUT2D eigenvalue weighted by molar-refractivity contribution is 5.76. The van der Waals surface area contributed by atoms with Crippen molar-refractivity contribution in [2.75, 3.05) is 13.7 Å². The van der Waals surface area contributed by atoms with E-state index >= 15 is 0 Å². The van der Waals surface area contributed by atoms with Gasteiger partial charge in [-0.3, -0.25) is 4.79 Å². The summed E-state index contributed by atoms with van der Waals surface area (Å²) in [5.41, 5.74) is 1.11. The van der Waals surface area contributed by atoms with Crippen LogP contribution in [0.25, 0.3) is 0 Å². The van der Waals surface area contributed by atoms with Crippen molar-refractivity contribution in [1.82, 2.24) is 5.32 Å². The monoisotopic (exact) mass is 235 g/mol. The lowest BCUT2D eigenvalue weighted by atomic mass is 10.2. The standard InChI is InChI=1S/C13H17NO3/c1-9-5-3-4-6-12(9)17-10-7-11(14-8-10)13(15)16-2/h3-6,10-11,14H,7-8H2,1-2H3/t10?,11-/m0/s1. The fraction of sp³-hybridized carbons (Fsp3) is 0.462. The van der Waals surface area contributed by atoms with Gasteiger partial charge in [0.1, 0.15) is 17.9 Å². The van der Waals surface area contributed by atoms with E-state index in [-0.39, 0.29) is 18.1 Å². The molecule has 17 heavy (non-hydrogen) atoms. The first kappa shape index (κ1) is 11.9. The maximum atomic E-state index is 11.3. The molecule has 1 aliphatic rings. The summed E-state index contributed by atoms with van der Waals surface area (Å²) in [6.07, 6.45) is 0.682. The minimum atomic E-state index is -0.242. The molecule has 92 valence electrons. The summed E-state index contributed by atoms with van der Waals surface area (Å²) >= 11 is 0. The number of para-hydroxylation sites is 1. The van der Waals surface area contributed by atoms with Crippen LogP contribution in [-0.4, -0.2) is 31.8 Å². The van der Waals surface area contributed by atoms with Crippen molar-refractivity contribution in [2.45, 2.75) is 25.5 Å². The van der Waals surface area contributed by atoms with Crippen molar-refractivity contribution in [3.8, 4) is 5.75 Å². The van der Waals surface area contributed by atoms with Gasteiger partial charge in [-0.1, -0.05) is 18.2 Å². The number of hydrogen-bond acceptors (Lipinski definition) is 4. The van der Waals surface area contributed by atoms with Gasteiger partial charge >= 0.3 is 5.97 Å². The molecule has 1 saturated heterocycles. The number of aryl methyl sites for hydroxylation is 1. The van der Waals surface area contributed by atoms with Crippen LogP contribution in [0.4, 0.5) is 0 Å². The van der Waals surface area contributed by atoms with Crippen molar-refractivity contribution in [3.63, 3.8) is 0 Å². The lowest BCUT2D eigenvalue weighted by molar-refractivity contribution is -0.142. The molecule has 1 fully saturated rings. The Balaban J connectivity index is 1.94. The molecule has 1 N–H and O–H groups in total. The zero-order chi connectivity index (χ0) is 12.3. The van der Waals surface area contributed by atoms with Crippen LogP contribution in [0, 0.1) is 6.92 Å². The normalized spacial score (nSPS) is 23.4. The first-order chi connectivity index (χ1) is 8.20. The van der Waals surface area contributed by atoms with Crippen LogP contribution in [0.2, 0.25) is 0 Å². The molecule has 1 aromatic carbocycles. The summed E-state index contributed by atoms with van der Waals surface area (Å²) in [5, 5.41) is 3.10. The molecule has 0 saturated carbocycles. The van der Waals surface area contributed by atoms with Gasteiger partial charge in [0.25, 0.3) is 0 Å². The second-order valence-corrected chi connectivity index (χ2v) is 4.23. The zero-order valence-electron chi connectivity index (χ0n) is 10.1. The molecule has 2 rings (SSSR count). The molecule has 4 heteroatoms. The van der Waals surface area contributed by atoms with Gasteiger partial charge in [-0.25, -0.2) is 0 Å². The molecule has 1 aliphatic heterocycles. The quantitative estimate of drug-likeness (QED) is 0.802. The Morgan fingerprint density at radius 1 is 1.41 bits per heavy atom. The topological polar surface area (TPSA) is 47.6 Å². The highest BCUT2D eigenvalue weighted by atomic mass is 16.5. The molecular formula is C13H17NO3. The Hall–Kier alpha value is -1.55. The molecule has 0 aliphatic carbocycles. The molecule has 2 atom stereocenters. The predicted octanol–water partition coefficient (Wildman–Crippen LogP) is 1.28. The Kier molecular flexibility index (Phi) is 3.64. The highest BCUT2D eigenvalue weighted by Crippen LogP contribution is 2.21. The van der Waals surface area contributed by atoms with Crippen LogP contribution in [-0.2, 0) is 9.53 Å². The van der Waals surface area contributed by atoms with Gasteiger partial charge in [-0.05, 0) is 18.6 Å². The molecule has 1 heterocycles. The zero-order valence-corrected chi connectivity index (χ0v) is 10.1. The average Bonchev–Trinajstić information content (AvgIpc) is 2.80. The second kappa shape index (κ2) is 5.19. The average molecular weight is 235 g/mol.